The number of nitrogens with one attached hydrogen (secondary N) is 1. The van der Waals surface area contributed by atoms with Crippen molar-refractivity contribution < 1.29 is 18.3 Å². The molecular formula is C15H23N3O4S. The van der Waals surface area contributed by atoms with Crippen LogP contribution >= 0.6 is 0 Å². The molecule has 7 nitrogen and oxygen atoms in total. The molecule has 0 aliphatic carbocycles. The standard InChI is InChI=1S/C15H23N3O4S/c1-3-17-7-9-18(10-8-17)14-6-5-12(15(19)20)11-13(14)16-23(21,22)4-2/h5-6,11,16H,3-4,7-10H2,1-2H3,(H,19,20). The highest BCUT2D eigenvalue weighted by Crippen LogP contribution is 2.29. The van der Waals surface area contributed by atoms with Crippen LogP contribution in [0.15, 0.2) is 18.2 Å². The highest BCUT2D eigenvalue weighted by molar-refractivity contribution is 7.92. The maximum atomic E-state index is 11.9. The van der Waals surface area contributed by atoms with Crippen LogP contribution in [0.3, 0.4) is 0 Å². The number of anilines is 2. The van der Waals surface area contributed by atoms with E-state index in [0.717, 1.165) is 38.4 Å². The lowest BCUT2D eigenvalue weighted by Gasteiger charge is -2.36. The number of nitrogens with zero attached hydrogens (tertiary/aromatic N) is 2. The third kappa shape index (κ3) is 4.35. The van der Waals surface area contributed by atoms with E-state index >= 15 is 0 Å². The Labute approximate surface area is 136 Å². The van der Waals surface area contributed by atoms with Gasteiger partial charge in [-0.1, -0.05) is 6.92 Å². The Balaban J connectivity index is 2.32. The molecule has 1 heterocycles. The van der Waals surface area contributed by atoms with Crippen molar-refractivity contribution in [3.63, 3.8) is 0 Å². The van der Waals surface area contributed by atoms with Crippen LogP contribution in [0.4, 0.5) is 11.4 Å². The molecule has 0 saturated carbocycles. The molecule has 2 rings (SSSR count). The Morgan fingerprint density at radius 1 is 1.22 bits per heavy atom. The van der Waals surface area contributed by atoms with Gasteiger partial charge in [-0.15, -0.1) is 0 Å². The van der Waals surface area contributed by atoms with E-state index in [1.54, 1.807) is 13.0 Å². The van der Waals surface area contributed by atoms with Crippen molar-refractivity contribution in [2.45, 2.75) is 13.8 Å². The normalized spacial score (nSPS) is 16.3. The summed E-state index contributed by atoms with van der Waals surface area (Å²) >= 11 is 0. The van der Waals surface area contributed by atoms with Crippen molar-refractivity contribution in [2.75, 3.05) is 48.1 Å². The van der Waals surface area contributed by atoms with E-state index in [1.807, 2.05) is 0 Å². The zero-order valence-corrected chi connectivity index (χ0v) is 14.3. The lowest BCUT2D eigenvalue weighted by molar-refractivity contribution is 0.0697. The van der Waals surface area contributed by atoms with Crippen LogP contribution in [0.25, 0.3) is 0 Å². The number of carboxylic acid groups (broad SMARTS) is 1. The van der Waals surface area contributed by atoms with E-state index in [2.05, 4.69) is 21.4 Å². The van der Waals surface area contributed by atoms with E-state index in [4.69, 9.17) is 5.11 Å². The van der Waals surface area contributed by atoms with Crippen molar-refractivity contribution >= 4 is 27.4 Å². The third-order valence-corrected chi connectivity index (χ3v) is 5.34. The highest BCUT2D eigenvalue weighted by atomic mass is 32.2. The largest absolute Gasteiger partial charge is 0.478 e. The molecular weight excluding hydrogens is 318 g/mol. The number of hydrogen-bond acceptors (Lipinski definition) is 5. The summed E-state index contributed by atoms with van der Waals surface area (Å²) in [5.41, 5.74) is 1.12. The first kappa shape index (κ1) is 17.6. The fourth-order valence-corrected chi connectivity index (χ4v) is 3.21. The second kappa shape index (κ2) is 7.18. The first-order valence-corrected chi connectivity index (χ1v) is 9.36. The van der Waals surface area contributed by atoms with Crippen LogP contribution in [-0.4, -0.2) is 62.9 Å². The van der Waals surface area contributed by atoms with Gasteiger partial charge in [-0.25, -0.2) is 13.2 Å². The van der Waals surface area contributed by atoms with Gasteiger partial charge in [0.15, 0.2) is 0 Å². The van der Waals surface area contributed by atoms with Crippen LogP contribution < -0.4 is 9.62 Å². The van der Waals surface area contributed by atoms with Crippen molar-refractivity contribution in [3.8, 4) is 0 Å². The Bertz CT molecular complexity index is 667. The number of carboxylic acids is 1. The maximum Gasteiger partial charge on any atom is 0.335 e. The molecule has 0 atom stereocenters. The molecule has 0 radical (unpaired) electrons. The number of sulfonamides is 1. The van der Waals surface area contributed by atoms with Crippen LogP contribution in [0.2, 0.25) is 0 Å². The summed E-state index contributed by atoms with van der Waals surface area (Å²) in [5.74, 6) is -1.14. The lowest BCUT2D eigenvalue weighted by atomic mass is 10.1. The van der Waals surface area contributed by atoms with Gasteiger partial charge >= 0.3 is 5.97 Å². The second-order valence-electron chi connectivity index (χ2n) is 5.46. The monoisotopic (exact) mass is 341 g/mol. The molecule has 23 heavy (non-hydrogen) atoms. The minimum Gasteiger partial charge on any atom is -0.478 e. The van der Waals surface area contributed by atoms with Crippen molar-refractivity contribution in [1.82, 2.24) is 4.90 Å². The average Bonchev–Trinajstić information content (AvgIpc) is 2.54. The molecule has 2 N–H and O–H groups in total. The Morgan fingerprint density at radius 2 is 1.87 bits per heavy atom. The summed E-state index contributed by atoms with van der Waals surface area (Å²) in [5, 5.41) is 9.14. The number of likely N-dealkylation sites (N-methyl/N-ethyl adjacent to an activating group) is 1. The van der Waals surface area contributed by atoms with Gasteiger partial charge in [-0.3, -0.25) is 4.72 Å². The Kier molecular flexibility index (Phi) is 5.48. The number of aromatic carboxylic acids is 1. The molecule has 0 unspecified atom stereocenters. The first-order valence-electron chi connectivity index (χ1n) is 7.71. The zero-order valence-electron chi connectivity index (χ0n) is 13.4. The molecule has 1 aliphatic rings. The van der Waals surface area contributed by atoms with Crippen molar-refractivity contribution in [3.05, 3.63) is 23.8 Å². The number of carbonyl (C=O) groups is 1. The quantitative estimate of drug-likeness (QED) is 0.810. The van der Waals surface area contributed by atoms with E-state index in [-0.39, 0.29) is 11.3 Å². The predicted molar refractivity (Wildman–Crippen MR) is 90.8 cm³/mol. The van der Waals surface area contributed by atoms with Gasteiger partial charge < -0.3 is 14.9 Å². The SMILES string of the molecule is CCN1CCN(c2ccc(C(=O)O)cc2NS(=O)(=O)CC)CC1. The zero-order chi connectivity index (χ0) is 17.0. The Hall–Kier alpha value is -1.80. The molecule has 0 bridgehead atoms. The Morgan fingerprint density at radius 3 is 2.39 bits per heavy atom. The van der Waals surface area contributed by atoms with Crippen LogP contribution in [0.5, 0.6) is 0 Å². The van der Waals surface area contributed by atoms with Gasteiger partial charge in [-0.05, 0) is 31.7 Å². The number of rotatable bonds is 6. The summed E-state index contributed by atoms with van der Waals surface area (Å²) in [7, 11) is -3.47. The molecule has 1 saturated heterocycles. The van der Waals surface area contributed by atoms with E-state index in [1.165, 1.54) is 12.1 Å². The average molecular weight is 341 g/mol. The smallest absolute Gasteiger partial charge is 0.335 e. The number of benzene rings is 1. The minimum atomic E-state index is -3.47. The van der Waals surface area contributed by atoms with Gasteiger partial charge in [0.2, 0.25) is 10.0 Å². The van der Waals surface area contributed by atoms with E-state index in [9.17, 15) is 13.2 Å². The summed E-state index contributed by atoms with van der Waals surface area (Å²) in [4.78, 5) is 15.6. The van der Waals surface area contributed by atoms with Gasteiger partial charge in [0.25, 0.3) is 0 Å². The summed E-state index contributed by atoms with van der Waals surface area (Å²) in [6.45, 7) is 8.00. The van der Waals surface area contributed by atoms with Crippen LogP contribution in [0, 0.1) is 0 Å². The van der Waals surface area contributed by atoms with Crippen molar-refractivity contribution in [1.29, 1.82) is 0 Å². The van der Waals surface area contributed by atoms with Gasteiger partial charge in [0, 0.05) is 26.2 Å². The predicted octanol–water partition coefficient (Wildman–Crippen LogP) is 1.29. The molecule has 1 aliphatic heterocycles. The molecule has 0 spiro atoms. The van der Waals surface area contributed by atoms with Gasteiger partial charge in [0.05, 0.1) is 22.7 Å². The summed E-state index contributed by atoms with van der Waals surface area (Å²) in [6.07, 6.45) is 0. The fourth-order valence-electron chi connectivity index (χ4n) is 2.57. The highest BCUT2D eigenvalue weighted by Gasteiger charge is 2.21. The molecule has 1 aromatic rings. The van der Waals surface area contributed by atoms with Crippen molar-refractivity contribution in [2.24, 2.45) is 0 Å². The summed E-state index contributed by atoms with van der Waals surface area (Å²) in [6, 6.07) is 4.57. The van der Waals surface area contributed by atoms with E-state index in [0.29, 0.717) is 5.69 Å². The summed E-state index contributed by atoms with van der Waals surface area (Å²) < 4.78 is 26.3. The minimum absolute atomic E-state index is 0.0622. The van der Waals surface area contributed by atoms with Crippen LogP contribution in [-0.2, 0) is 10.0 Å². The lowest BCUT2D eigenvalue weighted by Crippen LogP contribution is -2.46. The number of hydrogen-bond donors (Lipinski definition) is 2. The topological polar surface area (TPSA) is 89.9 Å². The maximum absolute atomic E-state index is 11.9. The molecule has 1 aromatic carbocycles. The van der Waals surface area contributed by atoms with Crippen LogP contribution in [0.1, 0.15) is 24.2 Å². The van der Waals surface area contributed by atoms with Gasteiger partial charge in [-0.2, -0.15) is 0 Å². The molecule has 0 amide bonds. The molecule has 128 valence electrons. The fraction of sp³-hybridized carbons (Fsp3) is 0.533. The second-order valence-corrected chi connectivity index (χ2v) is 7.47. The number of piperazine rings is 1. The van der Waals surface area contributed by atoms with Gasteiger partial charge in [0.1, 0.15) is 0 Å². The molecule has 1 fully saturated rings. The van der Waals surface area contributed by atoms with E-state index < -0.39 is 16.0 Å². The third-order valence-electron chi connectivity index (χ3n) is 4.05. The molecule has 8 heteroatoms. The first-order chi connectivity index (χ1) is 10.9. The molecule has 0 aromatic heterocycles.